The van der Waals surface area contributed by atoms with Crippen molar-refractivity contribution in [3.8, 4) is 0 Å². The Morgan fingerprint density at radius 1 is 0.256 bits per heavy atom. The van der Waals surface area contributed by atoms with E-state index in [0.29, 0.717) is 19.3 Å². The quantitative estimate of drug-likeness (QED) is 0.0261. The average molecular weight is 1140 g/mol. The van der Waals surface area contributed by atoms with E-state index in [2.05, 4.69) is 106 Å². The maximum absolute atomic E-state index is 12.9. The summed E-state index contributed by atoms with van der Waals surface area (Å²) >= 11 is 0. The molecule has 0 N–H and O–H groups in total. The molecule has 0 aliphatic rings. The van der Waals surface area contributed by atoms with Gasteiger partial charge in [-0.05, 0) is 96.3 Å². The van der Waals surface area contributed by atoms with Crippen LogP contribution >= 0.6 is 0 Å². The van der Waals surface area contributed by atoms with Crippen LogP contribution in [-0.2, 0) is 28.6 Å². The summed E-state index contributed by atoms with van der Waals surface area (Å²) in [5.74, 6) is -0.871. The van der Waals surface area contributed by atoms with Crippen LogP contribution < -0.4 is 0 Å². The molecule has 82 heavy (non-hydrogen) atoms. The minimum absolute atomic E-state index is 0.0761. The summed E-state index contributed by atoms with van der Waals surface area (Å²) in [6, 6.07) is 0. The Morgan fingerprint density at radius 3 is 0.768 bits per heavy atom. The van der Waals surface area contributed by atoms with Gasteiger partial charge in [-0.3, -0.25) is 14.4 Å². The van der Waals surface area contributed by atoms with E-state index in [-0.39, 0.29) is 31.1 Å². The number of carbonyl (C=O) groups excluding carboxylic acids is 3. The second-order valence-corrected chi connectivity index (χ2v) is 23.8. The molecule has 0 saturated heterocycles. The van der Waals surface area contributed by atoms with Gasteiger partial charge in [-0.1, -0.05) is 331 Å². The molecule has 0 aliphatic carbocycles. The molecule has 0 aromatic heterocycles. The molecule has 1 unspecified atom stereocenters. The first-order valence-corrected chi connectivity index (χ1v) is 35.6. The van der Waals surface area contributed by atoms with Gasteiger partial charge in [0.25, 0.3) is 0 Å². The van der Waals surface area contributed by atoms with Crippen molar-refractivity contribution in [2.45, 2.75) is 367 Å². The summed E-state index contributed by atoms with van der Waals surface area (Å²) in [6.07, 6.45) is 93.5. The van der Waals surface area contributed by atoms with Crippen molar-refractivity contribution in [3.63, 3.8) is 0 Å². The fourth-order valence-electron chi connectivity index (χ4n) is 10.3. The number of hydrogen-bond donors (Lipinski definition) is 0. The first-order valence-electron chi connectivity index (χ1n) is 35.6. The van der Waals surface area contributed by atoms with Crippen LogP contribution in [0.15, 0.2) is 85.1 Å². The van der Waals surface area contributed by atoms with Gasteiger partial charge in [0.2, 0.25) is 0 Å². The summed E-state index contributed by atoms with van der Waals surface area (Å²) in [6.45, 7) is 6.52. The van der Waals surface area contributed by atoms with E-state index in [1.807, 2.05) is 0 Å². The van der Waals surface area contributed by atoms with Gasteiger partial charge in [0, 0.05) is 19.3 Å². The predicted octanol–water partition coefficient (Wildman–Crippen LogP) is 24.6. The van der Waals surface area contributed by atoms with Gasteiger partial charge in [0.1, 0.15) is 13.2 Å². The van der Waals surface area contributed by atoms with Crippen LogP contribution in [0.3, 0.4) is 0 Å². The van der Waals surface area contributed by atoms with Crippen molar-refractivity contribution < 1.29 is 28.6 Å². The maximum atomic E-state index is 12.9. The van der Waals surface area contributed by atoms with Crippen LogP contribution in [0.5, 0.6) is 0 Å². The summed E-state index contributed by atoms with van der Waals surface area (Å²) < 4.78 is 16.9. The van der Waals surface area contributed by atoms with Gasteiger partial charge in [0.15, 0.2) is 6.10 Å². The molecule has 0 aromatic carbocycles. The van der Waals surface area contributed by atoms with Crippen LogP contribution in [0.2, 0.25) is 0 Å². The first kappa shape index (κ1) is 78.6. The maximum Gasteiger partial charge on any atom is 0.306 e. The Labute approximate surface area is 509 Å². The van der Waals surface area contributed by atoms with E-state index in [1.54, 1.807) is 0 Å². The van der Waals surface area contributed by atoms with Crippen molar-refractivity contribution >= 4 is 17.9 Å². The molecule has 0 bridgehead atoms. The lowest BCUT2D eigenvalue weighted by molar-refractivity contribution is -0.167. The third-order valence-electron chi connectivity index (χ3n) is 15.6. The first-order chi connectivity index (χ1) is 40.5. The number of ether oxygens (including phenoxy) is 3. The Hall–Kier alpha value is -3.41. The molecular formula is C76H134O6. The number of hydrogen-bond acceptors (Lipinski definition) is 6. The van der Waals surface area contributed by atoms with Gasteiger partial charge in [-0.2, -0.15) is 0 Å². The summed E-state index contributed by atoms with van der Waals surface area (Å²) in [5, 5.41) is 0. The molecule has 1 atom stereocenters. The van der Waals surface area contributed by atoms with Gasteiger partial charge >= 0.3 is 17.9 Å². The smallest absolute Gasteiger partial charge is 0.306 e. The Bertz CT molecular complexity index is 1550. The minimum atomic E-state index is -0.780. The average Bonchev–Trinajstić information content (AvgIpc) is 3.48. The predicted molar refractivity (Wildman–Crippen MR) is 358 cm³/mol. The number of unbranched alkanes of at least 4 members (excludes halogenated alkanes) is 40. The van der Waals surface area contributed by atoms with Crippen molar-refractivity contribution in [1.29, 1.82) is 0 Å². The van der Waals surface area contributed by atoms with Gasteiger partial charge in [0.05, 0.1) is 0 Å². The third kappa shape index (κ3) is 67.4. The molecule has 0 aliphatic heterocycles. The molecule has 0 heterocycles. The van der Waals surface area contributed by atoms with E-state index in [4.69, 9.17) is 14.2 Å². The molecule has 6 heteroatoms. The zero-order valence-corrected chi connectivity index (χ0v) is 54.5. The van der Waals surface area contributed by atoms with Crippen molar-refractivity contribution in [3.05, 3.63) is 85.1 Å². The highest BCUT2D eigenvalue weighted by Gasteiger charge is 2.19. The molecular weight excluding hydrogens is 1010 g/mol. The van der Waals surface area contributed by atoms with E-state index >= 15 is 0 Å². The second-order valence-electron chi connectivity index (χ2n) is 23.8. The largest absolute Gasteiger partial charge is 0.462 e. The number of rotatable bonds is 65. The van der Waals surface area contributed by atoms with Gasteiger partial charge in [-0.25, -0.2) is 0 Å². The van der Waals surface area contributed by atoms with Crippen LogP contribution in [0.25, 0.3) is 0 Å². The molecule has 0 spiro atoms. The highest BCUT2D eigenvalue weighted by atomic mass is 16.6. The number of allylic oxidation sites excluding steroid dienone is 14. The van der Waals surface area contributed by atoms with Crippen LogP contribution in [0.1, 0.15) is 361 Å². The second kappa shape index (κ2) is 70.1. The Morgan fingerprint density at radius 2 is 0.476 bits per heavy atom. The van der Waals surface area contributed by atoms with Crippen molar-refractivity contribution in [1.82, 2.24) is 0 Å². The lowest BCUT2D eigenvalue weighted by Gasteiger charge is -2.18. The van der Waals surface area contributed by atoms with Crippen LogP contribution in [0.4, 0.5) is 0 Å². The fraction of sp³-hybridized carbons (Fsp3) is 0.776. The van der Waals surface area contributed by atoms with Crippen molar-refractivity contribution in [2.75, 3.05) is 13.2 Å². The van der Waals surface area contributed by atoms with E-state index < -0.39 is 6.10 Å². The molecule has 0 rings (SSSR count). The molecule has 0 amide bonds. The molecule has 0 fully saturated rings. The van der Waals surface area contributed by atoms with E-state index in [0.717, 1.165) is 109 Å². The zero-order chi connectivity index (χ0) is 59.2. The van der Waals surface area contributed by atoms with Crippen LogP contribution in [0, 0.1) is 0 Å². The van der Waals surface area contributed by atoms with Crippen LogP contribution in [-0.4, -0.2) is 37.2 Å². The SMILES string of the molecule is CC/C=C\C/C=C\C/C=C\C/C=C\CCCCCCCCCCCCCCCCCCCCCCCCC(=O)OCC(COC(=O)CCCCCCCCCCCC)OC(=O)CCCCCCCC/C=C\C/C=C\C/C=C\CCCCC. The summed E-state index contributed by atoms with van der Waals surface area (Å²) in [7, 11) is 0. The number of esters is 3. The summed E-state index contributed by atoms with van der Waals surface area (Å²) in [5.41, 5.74) is 0. The summed E-state index contributed by atoms with van der Waals surface area (Å²) in [4.78, 5) is 38.3. The minimum Gasteiger partial charge on any atom is -0.462 e. The molecule has 474 valence electrons. The highest BCUT2D eigenvalue weighted by molar-refractivity contribution is 5.71. The standard InChI is InChI=1S/C76H134O6/c1-4-7-10-13-16-19-22-24-26-28-30-31-32-33-34-35-36-37-38-39-40-41-42-43-44-45-47-48-50-52-54-57-60-63-66-69-75(78)81-72-73(71-80-74(77)68-65-62-59-56-21-18-15-12-9-6-3)82-76(79)70-67-64-61-58-55-53-51-49-46-29-27-25-23-20-17-14-11-8-5-2/h7,10,16-17,19-20,24-27,30-31,46,49,73H,4-6,8-9,11-15,18,21-23,28-29,32-45,47-48,50-72H2,1-3H3/b10-7-,19-16-,20-17-,26-24-,27-25-,31-30-,49-46-. The fourth-order valence-corrected chi connectivity index (χ4v) is 10.3. The van der Waals surface area contributed by atoms with E-state index in [9.17, 15) is 14.4 Å². The normalized spacial score (nSPS) is 12.6. The van der Waals surface area contributed by atoms with Crippen molar-refractivity contribution in [2.24, 2.45) is 0 Å². The highest BCUT2D eigenvalue weighted by Crippen LogP contribution is 2.18. The lowest BCUT2D eigenvalue weighted by Crippen LogP contribution is -2.30. The monoisotopic (exact) mass is 1140 g/mol. The molecule has 0 radical (unpaired) electrons. The lowest BCUT2D eigenvalue weighted by atomic mass is 10.0. The van der Waals surface area contributed by atoms with E-state index in [1.165, 1.54) is 212 Å². The molecule has 0 saturated carbocycles. The Kier molecular flexibility index (Phi) is 67.2. The zero-order valence-electron chi connectivity index (χ0n) is 54.5. The molecule has 6 nitrogen and oxygen atoms in total. The Balaban J connectivity index is 4.07. The topological polar surface area (TPSA) is 78.9 Å². The molecule has 0 aromatic rings. The number of carbonyl (C=O) groups is 3. The van der Waals surface area contributed by atoms with Gasteiger partial charge in [-0.15, -0.1) is 0 Å². The third-order valence-corrected chi connectivity index (χ3v) is 15.6. The van der Waals surface area contributed by atoms with Gasteiger partial charge < -0.3 is 14.2 Å².